The molecule has 2 aliphatic heterocycles. The molecule has 0 radical (unpaired) electrons. The molecule has 0 N–H and O–H groups in total. The second kappa shape index (κ2) is 12.3. The largest absolute Gasteiger partial charge is 0.331 e. The first-order valence-corrected chi connectivity index (χ1v) is 12.2. The van der Waals surface area contributed by atoms with Crippen LogP contribution in [0, 0.1) is 32.1 Å². The van der Waals surface area contributed by atoms with Crippen LogP contribution in [-0.2, 0) is 13.1 Å². The van der Waals surface area contributed by atoms with Crippen molar-refractivity contribution in [3.63, 3.8) is 0 Å². The molecule has 0 unspecified atom stereocenters. The van der Waals surface area contributed by atoms with E-state index in [4.69, 9.17) is 23.2 Å². The fourth-order valence-corrected chi connectivity index (χ4v) is 4.25. The summed E-state index contributed by atoms with van der Waals surface area (Å²) in [5, 5.41) is 28.7. The first-order valence-electron chi connectivity index (χ1n) is 11.4. The van der Waals surface area contributed by atoms with Crippen molar-refractivity contribution in [1.29, 1.82) is 0 Å². The number of nitro groups is 2. The van der Waals surface area contributed by atoms with E-state index in [-0.39, 0.29) is 25.0 Å². The van der Waals surface area contributed by atoms with Crippen molar-refractivity contribution in [2.45, 2.75) is 13.1 Å². The number of hydrogen-bond acceptors (Lipinski definition) is 6. The summed E-state index contributed by atoms with van der Waals surface area (Å²) in [5.41, 5.74) is 1.67. The molecule has 0 bridgehead atoms. The van der Waals surface area contributed by atoms with Crippen LogP contribution in [-0.4, -0.2) is 90.8 Å². The van der Waals surface area contributed by atoms with Crippen molar-refractivity contribution < 1.29 is 10.1 Å². The van der Waals surface area contributed by atoms with E-state index in [1.165, 1.54) is 0 Å². The lowest BCUT2D eigenvalue weighted by Gasteiger charge is -2.19. The Morgan fingerprint density at radius 3 is 1.47 bits per heavy atom. The number of hydrazone groups is 2. The van der Waals surface area contributed by atoms with Crippen LogP contribution in [0.25, 0.3) is 0 Å². The number of guanidine groups is 2. The maximum absolute atomic E-state index is 11.2. The fraction of sp³-hybridized carbons (Fsp3) is 0.364. The quantitative estimate of drug-likeness (QED) is 0.202. The molecule has 2 fully saturated rings. The maximum Gasteiger partial charge on any atom is 0.275 e. The Hall–Kier alpha value is -4.22. The highest BCUT2D eigenvalue weighted by Crippen LogP contribution is 2.16. The van der Waals surface area contributed by atoms with Crippen LogP contribution in [0.1, 0.15) is 11.1 Å². The molecule has 4 rings (SSSR count). The van der Waals surface area contributed by atoms with Gasteiger partial charge in [0.05, 0.1) is 13.1 Å². The molecular weight excluding hydrogens is 539 g/mol. The SMILES string of the molecule is O=[N+]([O-])/N=C1\N(CC#CCN2CCN(Cc3ccc(Cl)nc3)/C2=N/[N+](=O)[O-])CCN1Cc1ccc(Cl)nc1. The monoisotopic (exact) mass is 560 g/mol. The molecule has 16 heteroatoms. The third-order valence-corrected chi connectivity index (χ3v) is 6.19. The van der Waals surface area contributed by atoms with Gasteiger partial charge in [0.15, 0.2) is 10.1 Å². The molecule has 0 amide bonds. The number of pyridine rings is 2. The Bertz CT molecular complexity index is 1200. The van der Waals surface area contributed by atoms with Crippen LogP contribution >= 0.6 is 23.2 Å². The van der Waals surface area contributed by atoms with Crippen LogP contribution in [0.2, 0.25) is 10.3 Å². The molecule has 0 aliphatic carbocycles. The average Bonchev–Trinajstić information content (AvgIpc) is 3.42. The predicted molar refractivity (Wildman–Crippen MR) is 139 cm³/mol. The highest BCUT2D eigenvalue weighted by atomic mass is 35.5. The van der Waals surface area contributed by atoms with E-state index in [1.54, 1.807) is 56.3 Å². The van der Waals surface area contributed by atoms with E-state index in [0.717, 1.165) is 11.1 Å². The van der Waals surface area contributed by atoms with Gasteiger partial charge in [0.25, 0.3) is 11.9 Å². The van der Waals surface area contributed by atoms with E-state index in [9.17, 15) is 20.2 Å². The molecule has 2 aromatic rings. The van der Waals surface area contributed by atoms with Crippen LogP contribution in [0.3, 0.4) is 0 Å². The molecule has 0 aromatic carbocycles. The molecule has 0 spiro atoms. The molecule has 14 nitrogen and oxygen atoms in total. The number of rotatable bonds is 8. The fourth-order valence-electron chi connectivity index (χ4n) is 4.02. The van der Waals surface area contributed by atoms with E-state index < -0.39 is 10.1 Å². The smallest absolute Gasteiger partial charge is 0.275 e. The van der Waals surface area contributed by atoms with Gasteiger partial charge in [-0.1, -0.05) is 47.2 Å². The first kappa shape index (κ1) is 26.8. The third-order valence-electron chi connectivity index (χ3n) is 5.74. The van der Waals surface area contributed by atoms with Crippen molar-refractivity contribution in [3.05, 3.63) is 78.3 Å². The molecule has 0 saturated carbocycles. The van der Waals surface area contributed by atoms with E-state index in [0.29, 0.717) is 49.6 Å². The molecule has 2 aromatic heterocycles. The van der Waals surface area contributed by atoms with Crippen LogP contribution in [0.5, 0.6) is 0 Å². The third kappa shape index (κ3) is 7.17. The van der Waals surface area contributed by atoms with Gasteiger partial charge in [0.1, 0.15) is 20.5 Å². The highest BCUT2D eigenvalue weighted by molar-refractivity contribution is 6.29. The van der Waals surface area contributed by atoms with Gasteiger partial charge >= 0.3 is 0 Å². The molecule has 0 atom stereocenters. The number of hydrogen-bond donors (Lipinski definition) is 0. The Morgan fingerprint density at radius 1 is 0.737 bits per heavy atom. The van der Waals surface area contributed by atoms with Gasteiger partial charge in [-0.3, -0.25) is 0 Å². The van der Waals surface area contributed by atoms with Crippen molar-refractivity contribution in [2.75, 3.05) is 39.3 Å². The van der Waals surface area contributed by atoms with Crippen molar-refractivity contribution in [3.8, 4) is 11.8 Å². The molecule has 198 valence electrons. The van der Waals surface area contributed by atoms with Gasteiger partial charge in [-0.15, -0.1) is 0 Å². The Kier molecular flexibility index (Phi) is 8.72. The predicted octanol–water partition coefficient (Wildman–Crippen LogP) is 1.82. The second-order valence-electron chi connectivity index (χ2n) is 8.29. The van der Waals surface area contributed by atoms with Gasteiger partial charge in [-0.25, -0.2) is 30.2 Å². The second-order valence-corrected chi connectivity index (χ2v) is 9.07. The van der Waals surface area contributed by atoms with Crippen molar-refractivity contribution >= 4 is 35.1 Å². The van der Waals surface area contributed by atoms with Crippen LogP contribution in [0.15, 0.2) is 46.9 Å². The van der Waals surface area contributed by atoms with Crippen molar-refractivity contribution in [2.24, 2.45) is 10.2 Å². The van der Waals surface area contributed by atoms with Crippen LogP contribution < -0.4 is 0 Å². The summed E-state index contributed by atoms with van der Waals surface area (Å²) < 4.78 is 0. The highest BCUT2D eigenvalue weighted by Gasteiger charge is 2.30. The minimum atomic E-state index is -0.733. The van der Waals surface area contributed by atoms with Gasteiger partial charge in [-0.05, 0) is 23.3 Å². The summed E-state index contributed by atoms with van der Waals surface area (Å²) in [6.45, 7) is 3.23. The number of nitrogens with zero attached hydrogens (tertiary/aromatic N) is 10. The zero-order valence-electron chi connectivity index (χ0n) is 20.0. The lowest BCUT2D eigenvalue weighted by atomic mass is 10.3. The zero-order valence-corrected chi connectivity index (χ0v) is 21.5. The minimum Gasteiger partial charge on any atom is -0.331 e. The first-order chi connectivity index (χ1) is 18.3. The van der Waals surface area contributed by atoms with Gasteiger partial charge in [-0.2, -0.15) is 0 Å². The topological polar surface area (TPSA) is 150 Å². The summed E-state index contributed by atoms with van der Waals surface area (Å²) in [4.78, 5) is 37.4. The average molecular weight is 561 g/mol. The Balaban J connectivity index is 1.38. The standard InChI is InChI=1S/C22H22Cl2N10O4/c23-19-5-3-17(13-25-19)15-31-11-9-29(21(31)27-33(35)36)7-1-2-8-30-10-12-32(22(30)28-34(37)38)16-18-4-6-20(24)26-14-18/h3-6,13-14H,7-12,15-16H2/b27-21+,28-22+. The minimum absolute atomic E-state index is 0.206. The Morgan fingerprint density at radius 2 is 1.13 bits per heavy atom. The van der Waals surface area contributed by atoms with Gasteiger partial charge < -0.3 is 19.6 Å². The summed E-state index contributed by atoms with van der Waals surface area (Å²) in [7, 11) is 0. The summed E-state index contributed by atoms with van der Waals surface area (Å²) in [5.74, 6) is 6.42. The molecule has 2 saturated heterocycles. The van der Waals surface area contributed by atoms with Crippen LogP contribution in [0.4, 0.5) is 0 Å². The number of aromatic nitrogens is 2. The van der Waals surface area contributed by atoms with E-state index >= 15 is 0 Å². The molecule has 4 heterocycles. The van der Waals surface area contributed by atoms with Gasteiger partial charge in [0.2, 0.25) is 0 Å². The van der Waals surface area contributed by atoms with Gasteiger partial charge in [0, 0.05) is 51.7 Å². The summed E-state index contributed by atoms with van der Waals surface area (Å²) in [6.07, 6.45) is 3.23. The Labute approximate surface area is 227 Å². The van der Waals surface area contributed by atoms with E-state index in [1.807, 2.05) is 0 Å². The van der Waals surface area contributed by atoms with Crippen molar-refractivity contribution in [1.82, 2.24) is 29.6 Å². The number of halogens is 2. The normalized spacial score (nSPS) is 17.3. The lowest BCUT2D eigenvalue weighted by molar-refractivity contribution is -0.486. The zero-order chi connectivity index (χ0) is 27.1. The molecule has 38 heavy (non-hydrogen) atoms. The summed E-state index contributed by atoms with van der Waals surface area (Å²) >= 11 is 11.7. The van der Waals surface area contributed by atoms with E-state index in [2.05, 4.69) is 32.0 Å². The molecule has 2 aliphatic rings. The lowest BCUT2D eigenvalue weighted by Crippen LogP contribution is -2.35. The molecular formula is C22H22Cl2N10O4. The maximum atomic E-state index is 11.2. The summed E-state index contributed by atoms with van der Waals surface area (Å²) in [6, 6.07) is 6.91.